The molecule has 0 amide bonds. The molecule has 0 saturated carbocycles. The summed E-state index contributed by atoms with van der Waals surface area (Å²) < 4.78 is 36.4. The van der Waals surface area contributed by atoms with Gasteiger partial charge in [-0.05, 0) is 66.1 Å². The Morgan fingerprint density at radius 3 is 2.55 bits per heavy atom. The number of aromatic nitrogens is 3. The van der Waals surface area contributed by atoms with Gasteiger partial charge in [-0.15, -0.1) is 16.4 Å². The average molecular weight is 547 g/mol. The largest absolute Gasteiger partial charge is 0.496 e. The lowest BCUT2D eigenvalue weighted by atomic mass is 10.0. The Hall–Kier alpha value is -4.32. The van der Waals surface area contributed by atoms with Crippen molar-refractivity contribution in [2.45, 2.75) is 11.6 Å². The van der Waals surface area contributed by atoms with Gasteiger partial charge >= 0.3 is 0 Å². The van der Waals surface area contributed by atoms with Crippen molar-refractivity contribution < 1.29 is 22.7 Å². The Morgan fingerprint density at radius 1 is 1.05 bits per heavy atom. The molecule has 192 valence electrons. The number of allylic oxidation sites excluding steroid dienone is 1. The van der Waals surface area contributed by atoms with Crippen LogP contribution in [-0.4, -0.2) is 36.3 Å². The van der Waals surface area contributed by atoms with Crippen molar-refractivity contribution in [3.8, 4) is 21.9 Å². The molecule has 0 bridgehead atoms. The zero-order valence-electron chi connectivity index (χ0n) is 20.1. The Morgan fingerprint density at radius 2 is 1.84 bits per heavy atom. The first-order valence-electron chi connectivity index (χ1n) is 11.4. The van der Waals surface area contributed by atoms with Gasteiger partial charge in [0.25, 0.3) is 0 Å². The number of carbonyl (C=O) groups excluding carboxylic acids is 1. The summed E-state index contributed by atoms with van der Waals surface area (Å²) in [5.41, 5.74) is 3.39. The lowest BCUT2D eigenvalue weighted by Gasteiger charge is -2.14. The van der Waals surface area contributed by atoms with E-state index in [1.165, 1.54) is 30.3 Å². The van der Waals surface area contributed by atoms with Crippen LogP contribution in [0.1, 0.15) is 15.9 Å². The van der Waals surface area contributed by atoms with Gasteiger partial charge in [-0.3, -0.25) is 4.79 Å². The Labute approximate surface area is 222 Å². The number of ketones is 1. The SMILES string of the molecule is COc1cc(OCn2nnc3ccccc32)c(/C=C/C(=O)c2ccc(S(N)(=O)=O)cc2)cc1-c1cccs1. The van der Waals surface area contributed by atoms with Crippen molar-refractivity contribution in [1.82, 2.24) is 15.0 Å². The van der Waals surface area contributed by atoms with Crippen molar-refractivity contribution in [2.24, 2.45) is 5.14 Å². The van der Waals surface area contributed by atoms with E-state index in [9.17, 15) is 13.2 Å². The number of fused-ring (bicyclic) bond motifs is 1. The molecule has 3 aromatic carbocycles. The molecule has 0 saturated heterocycles. The van der Waals surface area contributed by atoms with Gasteiger partial charge in [-0.2, -0.15) is 0 Å². The van der Waals surface area contributed by atoms with E-state index in [1.54, 1.807) is 35.3 Å². The van der Waals surface area contributed by atoms with Gasteiger partial charge in [0.05, 0.1) is 17.5 Å². The van der Waals surface area contributed by atoms with Gasteiger partial charge in [0, 0.05) is 27.6 Å². The molecule has 0 aliphatic carbocycles. The highest BCUT2D eigenvalue weighted by molar-refractivity contribution is 7.89. The number of hydrogen-bond donors (Lipinski definition) is 1. The number of para-hydroxylation sites is 1. The predicted octanol–water partition coefficient (Wildman–Crippen LogP) is 4.75. The van der Waals surface area contributed by atoms with Crippen molar-refractivity contribution >= 4 is 44.3 Å². The van der Waals surface area contributed by atoms with Crippen LogP contribution < -0.4 is 14.6 Å². The van der Waals surface area contributed by atoms with Crippen molar-refractivity contribution in [3.05, 3.63) is 95.4 Å². The predicted molar refractivity (Wildman–Crippen MR) is 146 cm³/mol. The summed E-state index contributed by atoms with van der Waals surface area (Å²) in [6, 6.07) is 20.6. The van der Waals surface area contributed by atoms with Crippen LogP contribution in [0.5, 0.6) is 11.5 Å². The maximum atomic E-state index is 12.9. The van der Waals surface area contributed by atoms with Gasteiger partial charge in [-0.25, -0.2) is 18.2 Å². The maximum absolute atomic E-state index is 12.9. The second-order valence-electron chi connectivity index (χ2n) is 8.19. The van der Waals surface area contributed by atoms with E-state index >= 15 is 0 Å². The minimum Gasteiger partial charge on any atom is -0.496 e. The number of nitrogens with two attached hydrogens (primary N) is 1. The molecule has 11 heteroatoms. The molecule has 2 heterocycles. The first-order valence-corrected chi connectivity index (χ1v) is 13.8. The molecular formula is C27H22N4O5S2. The van der Waals surface area contributed by atoms with Gasteiger partial charge < -0.3 is 9.47 Å². The first-order chi connectivity index (χ1) is 18.3. The van der Waals surface area contributed by atoms with E-state index in [-0.39, 0.29) is 17.4 Å². The molecule has 2 aromatic heterocycles. The fourth-order valence-electron chi connectivity index (χ4n) is 3.84. The van der Waals surface area contributed by atoms with E-state index in [4.69, 9.17) is 14.6 Å². The highest BCUT2D eigenvalue weighted by Crippen LogP contribution is 2.39. The highest BCUT2D eigenvalue weighted by Gasteiger charge is 2.15. The molecule has 5 aromatic rings. The number of primary sulfonamides is 1. The van der Waals surface area contributed by atoms with Crippen molar-refractivity contribution in [1.29, 1.82) is 0 Å². The smallest absolute Gasteiger partial charge is 0.238 e. The maximum Gasteiger partial charge on any atom is 0.238 e. The minimum absolute atomic E-state index is 0.0647. The van der Waals surface area contributed by atoms with Gasteiger partial charge in [0.1, 0.15) is 17.0 Å². The summed E-state index contributed by atoms with van der Waals surface area (Å²) in [4.78, 5) is 13.8. The van der Waals surface area contributed by atoms with E-state index in [0.29, 0.717) is 22.6 Å². The zero-order valence-corrected chi connectivity index (χ0v) is 21.8. The quantitative estimate of drug-likeness (QED) is 0.209. The fourth-order valence-corrected chi connectivity index (χ4v) is 5.10. The molecular weight excluding hydrogens is 524 g/mol. The number of rotatable bonds is 9. The van der Waals surface area contributed by atoms with Crippen LogP contribution in [0, 0.1) is 0 Å². The molecule has 0 aliphatic heterocycles. The molecule has 2 N–H and O–H groups in total. The molecule has 0 unspecified atom stereocenters. The lowest BCUT2D eigenvalue weighted by molar-refractivity contribution is 0.104. The number of nitrogens with zero attached hydrogens (tertiary/aromatic N) is 3. The number of sulfonamides is 1. The van der Waals surface area contributed by atoms with Crippen LogP contribution in [0.2, 0.25) is 0 Å². The highest BCUT2D eigenvalue weighted by atomic mass is 32.2. The van der Waals surface area contributed by atoms with Crippen LogP contribution in [0.4, 0.5) is 0 Å². The van der Waals surface area contributed by atoms with Crippen LogP contribution in [0.3, 0.4) is 0 Å². The van der Waals surface area contributed by atoms with E-state index in [0.717, 1.165) is 21.5 Å². The van der Waals surface area contributed by atoms with Gasteiger partial charge in [0.15, 0.2) is 12.5 Å². The van der Waals surface area contributed by atoms with Crippen LogP contribution in [0.15, 0.2) is 89.1 Å². The molecule has 0 spiro atoms. The third-order valence-electron chi connectivity index (χ3n) is 5.76. The number of thiophene rings is 1. The molecule has 0 atom stereocenters. The van der Waals surface area contributed by atoms with Gasteiger partial charge in [-0.1, -0.05) is 23.4 Å². The molecule has 38 heavy (non-hydrogen) atoms. The number of benzene rings is 3. The monoisotopic (exact) mass is 546 g/mol. The summed E-state index contributed by atoms with van der Waals surface area (Å²) in [6.07, 6.45) is 3.06. The van der Waals surface area contributed by atoms with Crippen molar-refractivity contribution in [2.75, 3.05) is 7.11 Å². The average Bonchev–Trinajstić information content (AvgIpc) is 3.60. The number of methoxy groups -OCH3 is 1. The zero-order chi connectivity index (χ0) is 26.7. The van der Waals surface area contributed by atoms with Gasteiger partial charge in [0.2, 0.25) is 10.0 Å². The molecule has 9 nitrogen and oxygen atoms in total. The van der Waals surface area contributed by atoms with Crippen LogP contribution in [0.25, 0.3) is 27.6 Å². The van der Waals surface area contributed by atoms with Crippen LogP contribution >= 0.6 is 11.3 Å². The summed E-state index contributed by atoms with van der Waals surface area (Å²) in [6.45, 7) is 0.0891. The fraction of sp³-hybridized carbons (Fsp3) is 0.0741. The number of hydrogen-bond acceptors (Lipinski definition) is 8. The third-order valence-corrected chi connectivity index (χ3v) is 7.60. The third kappa shape index (κ3) is 5.35. The molecule has 0 radical (unpaired) electrons. The van der Waals surface area contributed by atoms with E-state index in [2.05, 4.69) is 10.3 Å². The van der Waals surface area contributed by atoms with Crippen LogP contribution in [-0.2, 0) is 16.8 Å². The minimum atomic E-state index is -3.85. The summed E-state index contributed by atoms with van der Waals surface area (Å²) in [5, 5.41) is 15.4. The molecule has 0 aliphatic rings. The standard InChI is InChI=1S/C27H22N4O5S2/c1-35-26-16-25(36-17-31-23-6-3-2-5-22(23)29-30-31)19(15-21(26)27-7-4-14-37-27)10-13-24(32)18-8-11-20(12-9-18)38(28,33)34/h2-16H,17H2,1H3,(H2,28,33,34)/b13-10+. The number of ether oxygens (including phenoxy) is 2. The topological polar surface area (TPSA) is 126 Å². The summed E-state index contributed by atoms with van der Waals surface area (Å²) in [5.74, 6) is 0.788. The second-order valence-corrected chi connectivity index (χ2v) is 10.7. The Balaban J connectivity index is 1.48. The normalized spacial score (nSPS) is 11.7. The second kappa shape index (κ2) is 10.6. The Kier molecular flexibility index (Phi) is 7.05. The van der Waals surface area contributed by atoms with E-state index < -0.39 is 10.0 Å². The number of carbonyl (C=O) groups is 1. The Bertz CT molecular complexity index is 1740. The molecule has 0 fully saturated rings. The van der Waals surface area contributed by atoms with Crippen molar-refractivity contribution in [3.63, 3.8) is 0 Å². The summed E-state index contributed by atoms with van der Waals surface area (Å²) >= 11 is 1.56. The lowest BCUT2D eigenvalue weighted by Crippen LogP contribution is -2.12. The molecule has 5 rings (SSSR count). The first kappa shape index (κ1) is 25.3. The summed E-state index contributed by atoms with van der Waals surface area (Å²) in [7, 11) is -2.26. The van der Waals surface area contributed by atoms with E-state index in [1.807, 2.05) is 47.8 Å².